The Kier molecular flexibility index (Phi) is 2.48. The monoisotopic (exact) mass is 228 g/mol. The van der Waals surface area contributed by atoms with Crippen LogP contribution in [0.3, 0.4) is 0 Å². The van der Waals surface area contributed by atoms with Crippen molar-refractivity contribution in [3.8, 4) is 0 Å². The summed E-state index contributed by atoms with van der Waals surface area (Å²) in [5, 5.41) is 4.93. The lowest BCUT2D eigenvalue weighted by atomic mass is 9.99. The Morgan fingerprint density at radius 3 is 2.88 bits per heavy atom. The van der Waals surface area contributed by atoms with Crippen molar-refractivity contribution in [1.82, 2.24) is 9.88 Å². The van der Waals surface area contributed by atoms with Gasteiger partial charge in [-0.3, -0.25) is 0 Å². The molecule has 1 aromatic heterocycles. The van der Waals surface area contributed by atoms with Crippen LogP contribution >= 0.6 is 0 Å². The van der Waals surface area contributed by atoms with Gasteiger partial charge in [-0.2, -0.15) is 0 Å². The molecule has 2 heterocycles. The maximum atomic E-state index is 3.48. The molecule has 1 aliphatic heterocycles. The first kappa shape index (κ1) is 10.8. The molecule has 0 amide bonds. The zero-order valence-corrected chi connectivity index (χ0v) is 10.9. The number of hydrogen-bond donors (Lipinski definition) is 1. The SMILES string of the molecule is CC(C)c1cccc2c3c(n(C)c12)CCNC3. The van der Waals surface area contributed by atoms with Crippen molar-refractivity contribution in [1.29, 1.82) is 0 Å². The molecule has 0 saturated heterocycles. The topological polar surface area (TPSA) is 17.0 Å². The number of aromatic nitrogens is 1. The molecule has 0 bridgehead atoms. The molecule has 0 fully saturated rings. The molecule has 90 valence electrons. The maximum Gasteiger partial charge on any atom is 0.0518 e. The normalized spacial score (nSPS) is 15.5. The fraction of sp³-hybridized carbons (Fsp3) is 0.467. The molecule has 3 rings (SSSR count). The maximum absolute atomic E-state index is 3.48. The highest BCUT2D eigenvalue weighted by Gasteiger charge is 2.20. The van der Waals surface area contributed by atoms with E-state index in [1.807, 2.05) is 0 Å². The summed E-state index contributed by atoms with van der Waals surface area (Å²) < 4.78 is 2.42. The smallest absolute Gasteiger partial charge is 0.0518 e. The van der Waals surface area contributed by atoms with Crippen molar-refractivity contribution in [2.24, 2.45) is 7.05 Å². The van der Waals surface area contributed by atoms with Gasteiger partial charge in [0.05, 0.1) is 5.52 Å². The minimum atomic E-state index is 0.585. The Hall–Kier alpha value is -1.28. The van der Waals surface area contributed by atoms with Crippen molar-refractivity contribution in [3.63, 3.8) is 0 Å². The van der Waals surface area contributed by atoms with Gasteiger partial charge >= 0.3 is 0 Å². The van der Waals surface area contributed by atoms with E-state index in [-0.39, 0.29) is 0 Å². The number of aryl methyl sites for hydroxylation is 1. The number of benzene rings is 1. The summed E-state index contributed by atoms with van der Waals surface area (Å²) in [4.78, 5) is 0. The standard InChI is InChI=1S/C15H20N2/c1-10(2)11-5-4-6-12-13-9-16-8-7-14(13)17(3)15(11)12/h4-6,10,16H,7-9H2,1-3H3. The summed E-state index contributed by atoms with van der Waals surface area (Å²) in [7, 11) is 2.22. The third kappa shape index (κ3) is 1.51. The van der Waals surface area contributed by atoms with Crippen LogP contribution in [0.15, 0.2) is 18.2 Å². The summed E-state index contributed by atoms with van der Waals surface area (Å²) >= 11 is 0. The second-order valence-corrected chi connectivity index (χ2v) is 5.31. The van der Waals surface area contributed by atoms with E-state index in [1.54, 1.807) is 0 Å². The summed E-state index contributed by atoms with van der Waals surface area (Å²) in [5.41, 5.74) is 5.94. The molecule has 2 nitrogen and oxygen atoms in total. The van der Waals surface area contributed by atoms with E-state index < -0.39 is 0 Å². The second-order valence-electron chi connectivity index (χ2n) is 5.31. The van der Waals surface area contributed by atoms with Crippen LogP contribution in [0.2, 0.25) is 0 Å². The molecule has 0 atom stereocenters. The predicted molar refractivity (Wildman–Crippen MR) is 72.4 cm³/mol. The van der Waals surface area contributed by atoms with Crippen molar-refractivity contribution >= 4 is 10.9 Å². The van der Waals surface area contributed by atoms with Gasteiger partial charge in [0, 0.05) is 37.6 Å². The van der Waals surface area contributed by atoms with Crippen LogP contribution < -0.4 is 5.32 Å². The lowest BCUT2D eigenvalue weighted by Gasteiger charge is -2.14. The summed E-state index contributed by atoms with van der Waals surface area (Å²) in [6.07, 6.45) is 1.15. The summed E-state index contributed by atoms with van der Waals surface area (Å²) in [6.45, 7) is 6.68. The van der Waals surface area contributed by atoms with Crippen LogP contribution in [0.5, 0.6) is 0 Å². The van der Waals surface area contributed by atoms with Crippen LogP contribution in [0.4, 0.5) is 0 Å². The average molecular weight is 228 g/mol. The van der Waals surface area contributed by atoms with E-state index in [0.717, 1.165) is 19.5 Å². The Balaban J connectivity index is 2.37. The van der Waals surface area contributed by atoms with E-state index in [2.05, 4.69) is 49.0 Å². The Morgan fingerprint density at radius 2 is 2.12 bits per heavy atom. The van der Waals surface area contributed by atoms with Gasteiger partial charge in [0.1, 0.15) is 0 Å². The lowest BCUT2D eigenvalue weighted by molar-refractivity contribution is 0.621. The molecular formula is C15H20N2. The van der Waals surface area contributed by atoms with E-state index >= 15 is 0 Å². The number of rotatable bonds is 1. The van der Waals surface area contributed by atoms with Crippen LogP contribution in [0.25, 0.3) is 10.9 Å². The van der Waals surface area contributed by atoms with Gasteiger partial charge in [0.2, 0.25) is 0 Å². The van der Waals surface area contributed by atoms with Gasteiger partial charge in [-0.05, 0) is 17.0 Å². The van der Waals surface area contributed by atoms with E-state index in [1.165, 1.54) is 27.7 Å². The molecule has 1 N–H and O–H groups in total. The number of nitrogens with zero attached hydrogens (tertiary/aromatic N) is 1. The Morgan fingerprint density at radius 1 is 1.29 bits per heavy atom. The molecule has 0 aliphatic carbocycles. The molecule has 0 radical (unpaired) electrons. The number of para-hydroxylation sites is 1. The summed E-state index contributed by atoms with van der Waals surface area (Å²) in [5.74, 6) is 0.585. The average Bonchev–Trinajstić information content (AvgIpc) is 2.64. The fourth-order valence-corrected chi connectivity index (χ4v) is 3.07. The van der Waals surface area contributed by atoms with Gasteiger partial charge in [-0.25, -0.2) is 0 Å². The van der Waals surface area contributed by atoms with Gasteiger partial charge in [-0.15, -0.1) is 0 Å². The van der Waals surface area contributed by atoms with Crippen molar-refractivity contribution in [3.05, 3.63) is 35.0 Å². The fourth-order valence-electron chi connectivity index (χ4n) is 3.07. The molecule has 1 aliphatic rings. The highest BCUT2D eigenvalue weighted by molar-refractivity contribution is 5.88. The lowest BCUT2D eigenvalue weighted by Crippen LogP contribution is -2.24. The van der Waals surface area contributed by atoms with Gasteiger partial charge in [0.15, 0.2) is 0 Å². The van der Waals surface area contributed by atoms with Crippen molar-refractivity contribution in [2.45, 2.75) is 32.7 Å². The number of hydrogen-bond acceptors (Lipinski definition) is 1. The largest absolute Gasteiger partial charge is 0.347 e. The molecular weight excluding hydrogens is 208 g/mol. The van der Waals surface area contributed by atoms with Gasteiger partial charge < -0.3 is 9.88 Å². The summed E-state index contributed by atoms with van der Waals surface area (Å²) in [6, 6.07) is 6.74. The highest BCUT2D eigenvalue weighted by Crippen LogP contribution is 2.32. The molecule has 0 saturated carbocycles. The van der Waals surface area contributed by atoms with Gasteiger partial charge in [-0.1, -0.05) is 32.0 Å². The Labute approximate surface area is 103 Å². The zero-order chi connectivity index (χ0) is 12.0. The first-order valence-corrected chi connectivity index (χ1v) is 6.50. The molecule has 2 aromatic rings. The molecule has 1 aromatic carbocycles. The Bertz CT molecular complexity index is 564. The predicted octanol–water partition coefficient (Wildman–Crippen LogP) is 2.95. The molecule has 0 spiro atoms. The minimum absolute atomic E-state index is 0.585. The number of nitrogens with one attached hydrogen (secondary N) is 1. The van der Waals surface area contributed by atoms with E-state index in [4.69, 9.17) is 0 Å². The van der Waals surface area contributed by atoms with Crippen LogP contribution in [-0.2, 0) is 20.0 Å². The zero-order valence-electron chi connectivity index (χ0n) is 10.9. The second kappa shape index (κ2) is 3.88. The van der Waals surface area contributed by atoms with Gasteiger partial charge in [0.25, 0.3) is 0 Å². The number of fused-ring (bicyclic) bond motifs is 3. The van der Waals surface area contributed by atoms with E-state index in [9.17, 15) is 0 Å². The van der Waals surface area contributed by atoms with Crippen molar-refractivity contribution < 1.29 is 0 Å². The molecule has 2 heteroatoms. The minimum Gasteiger partial charge on any atom is -0.347 e. The quantitative estimate of drug-likeness (QED) is 0.794. The third-order valence-electron chi connectivity index (χ3n) is 3.94. The first-order valence-electron chi connectivity index (χ1n) is 6.50. The van der Waals surface area contributed by atoms with Crippen LogP contribution in [0, 0.1) is 0 Å². The van der Waals surface area contributed by atoms with Crippen LogP contribution in [0.1, 0.15) is 36.6 Å². The molecule has 0 unspecified atom stereocenters. The highest BCUT2D eigenvalue weighted by atomic mass is 15.0. The molecule has 17 heavy (non-hydrogen) atoms. The van der Waals surface area contributed by atoms with E-state index in [0.29, 0.717) is 5.92 Å². The first-order chi connectivity index (χ1) is 8.20. The third-order valence-corrected chi connectivity index (χ3v) is 3.94. The van der Waals surface area contributed by atoms with Crippen molar-refractivity contribution in [2.75, 3.05) is 6.54 Å². The van der Waals surface area contributed by atoms with Crippen LogP contribution in [-0.4, -0.2) is 11.1 Å².